The van der Waals surface area contributed by atoms with Gasteiger partial charge in [0.2, 0.25) is 0 Å². The van der Waals surface area contributed by atoms with E-state index in [0.29, 0.717) is 17.2 Å². The molecular weight excluding hydrogens is 222 g/mol. The third-order valence-electron chi connectivity index (χ3n) is 2.66. The van der Waals surface area contributed by atoms with Crippen LogP contribution in [-0.2, 0) is 11.2 Å². The van der Waals surface area contributed by atoms with Crippen LogP contribution in [-0.4, -0.2) is 27.9 Å². The van der Waals surface area contributed by atoms with Gasteiger partial charge in [0.1, 0.15) is 16.7 Å². The number of anilines is 1. The Labute approximate surface area is 100.0 Å². The monoisotopic (exact) mass is 239 g/mol. The summed E-state index contributed by atoms with van der Waals surface area (Å²) in [5.41, 5.74) is 5.75. The first kappa shape index (κ1) is 11.7. The second-order valence-electron chi connectivity index (χ2n) is 3.92. The van der Waals surface area contributed by atoms with Gasteiger partial charge < -0.3 is 10.5 Å². The van der Waals surface area contributed by atoms with Crippen molar-refractivity contribution in [2.24, 2.45) is 0 Å². The van der Waals surface area contributed by atoms with E-state index in [4.69, 9.17) is 10.5 Å². The van der Waals surface area contributed by atoms with E-state index in [9.17, 15) is 0 Å². The molecule has 2 rings (SSSR count). The van der Waals surface area contributed by atoms with E-state index in [-0.39, 0.29) is 0 Å². The molecule has 0 spiro atoms. The van der Waals surface area contributed by atoms with Crippen LogP contribution < -0.4 is 5.73 Å². The second-order valence-corrected chi connectivity index (χ2v) is 5.18. The number of rotatable bonds is 3. The Morgan fingerprint density at radius 1 is 1.56 bits per heavy atom. The van der Waals surface area contributed by atoms with Crippen LogP contribution in [0.4, 0.5) is 5.82 Å². The third kappa shape index (κ3) is 2.65. The zero-order chi connectivity index (χ0) is 11.5. The van der Waals surface area contributed by atoms with Crippen molar-refractivity contribution in [3.05, 3.63) is 11.9 Å². The average Bonchev–Trinajstić information content (AvgIpc) is 2.63. The smallest absolute Gasteiger partial charge is 0.131 e. The topological polar surface area (TPSA) is 61.0 Å². The molecule has 1 aromatic heterocycles. The molecule has 1 aliphatic rings. The molecule has 2 atom stereocenters. The normalized spacial score (nSPS) is 24.9. The summed E-state index contributed by atoms with van der Waals surface area (Å²) in [5, 5.41) is 1.45. The first-order valence-electron chi connectivity index (χ1n) is 5.60. The molecule has 1 fully saturated rings. The number of aromatic nitrogens is 2. The summed E-state index contributed by atoms with van der Waals surface area (Å²) in [4.78, 5) is 8.63. The van der Waals surface area contributed by atoms with Crippen LogP contribution in [0, 0.1) is 0 Å². The van der Waals surface area contributed by atoms with E-state index in [1.54, 1.807) is 11.8 Å². The predicted octanol–water partition coefficient (Wildman–Crippen LogP) is 1.89. The summed E-state index contributed by atoms with van der Waals surface area (Å²) in [6, 6.07) is 1.84. The maximum absolute atomic E-state index is 5.75. The molecular formula is C11H17N3OS. The van der Waals surface area contributed by atoms with E-state index in [0.717, 1.165) is 30.3 Å². The van der Waals surface area contributed by atoms with Gasteiger partial charge >= 0.3 is 0 Å². The van der Waals surface area contributed by atoms with Gasteiger partial charge in [0.15, 0.2) is 0 Å². The third-order valence-corrected chi connectivity index (χ3v) is 4.04. The molecule has 2 unspecified atom stereocenters. The lowest BCUT2D eigenvalue weighted by Gasteiger charge is -2.13. The number of nitrogen functional groups attached to an aromatic ring is 1. The Bertz CT molecular complexity index is 372. The van der Waals surface area contributed by atoms with Gasteiger partial charge in [-0.3, -0.25) is 0 Å². The van der Waals surface area contributed by atoms with Crippen LogP contribution in [0.15, 0.2) is 11.1 Å². The van der Waals surface area contributed by atoms with Gasteiger partial charge in [-0.2, -0.15) is 0 Å². The van der Waals surface area contributed by atoms with Gasteiger partial charge in [-0.05, 0) is 13.3 Å². The Balaban J connectivity index is 2.11. The molecule has 0 aliphatic carbocycles. The van der Waals surface area contributed by atoms with Gasteiger partial charge in [-0.1, -0.05) is 6.92 Å². The number of nitrogens with zero attached hydrogens (tertiary/aromatic N) is 2. The van der Waals surface area contributed by atoms with Crippen molar-refractivity contribution in [3.63, 3.8) is 0 Å². The Morgan fingerprint density at radius 3 is 3.00 bits per heavy atom. The van der Waals surface area contributed by atoms with Gasteiger partial charge in [0, 0.05) is 24.3 Å². The molecule has 88 valence electrons. The SMILES string of the molecule is CCc1nc(N)cc(SC2CCOC2C)n1. The number of thioether (sulfide) groups is 1. The first-order valence-corrected chi connectivity index (χ1v) is 6.48. The van der Waals surface area contributed by atoms with Crippen molar-refractivity contribution in [1.29, 1.82) is 0 Å². The van der Waals surface area contributed by atoms with E-state index in [1.165, 1.54) is 0 Å². The lowest BCUT2D eigenvalue weighted by atomic mass is 10.3. The van der Waals surface area contributed by atoms with Crippen molar-refractivity contribution in [2.45, 2.75) is 43.1 Å². The molecule has 0 bridgehead atoms. The highest BCUT2D eigenvalue weighted by atomic mass is 32.2. The maximum Gasteiger partial charge on any atom is 0.131 e. The molecule has 0 amide bonds. The Hall–Kier alpha value is -0.810. The molecule has 5 heteroatoms. The number of hydrogen-bond donors (Lipinski definition) is 1. The Morgan fingerprint density at radius 2 is 2.38 bits per heavy atom. The van der Waals surface area contributed by atoms with Crippen LogP contribution >= 0.6 is 11.8 Å². The lowest BCUT2D eigenvalue weighted by molar-refractivity contribution is 0.127. The van der Waals surface area contributed by atoms with Crippen LogP contribution in [0.5, 0.6) is 0 Å². The highest BCUT2D eigenvalue weighted by Crippen LogP contribution is 2.31. The van der Waals surface area contributed by atoms with Gasteiger partial charge in [-0.25, -0.2) is 9.97 Å². The van der Waals surface area contributed by atoms with Crippen molar-refractivity contribution >= 4 is 17.6 Å². The fourth-order valence-electron chi connectivity index (χ4n) is 1.73. The van der Waals surface area contributed by atoms with Crippen molar-refractivity contribution in [2.75, 3.05) is 12.3 Å². The molecule has 1 aliphatic heterocycles. The van der Waals surface area contributed by atoms with Crippen molar-refractivity contribution in [1.82, 2.24) is 9.97 Å². The first-order chi connectivity index (χ1) is 7.69. The highest BCUT2D eigenvalue weighted by Gasteiger charge is 2.25. The van der Waals surface area contributed by atoms with Crippen LogP contribution in [0.25, 0.3) is 0 Å². The summed E-state index contributed by atoms with van der Waals surface area (Å²) < 4.78 is 5.53. The van der Waals surface area contributed by atoms with Crippen molar-refractivity contribution < 1.29 is 4.74 Å². The summed E-state index contributed by atoms with van der Waals surface area (Å²) in [7, 11) is 0. The maximum atomic E-state index is 5.75. The fraction of sp³-hybridized carbons (Fsp3) is 0.636. The minimum Gasteiger partial charge on any atom is -0.384 e. The number of hydrogen-bond acceptors (Lipinski definition) is 5. The van der Waals surface area contributed by atoms with E-state index in [2.05, 4.69) is 16.9 Å². The van der Waals surface area contributed by atoms with Crippen LogP contribution in [0.2, 0.25) is 0 Å². The predicted molar refractivity (Wildman–Crippen MR) is 65.5 cm³/mol. The van der Waals surface area contributed by atoms with E-state index < -0.39 is 0 Å². The van der Waals surface area contributed by atoms with Crippen LogP contribution in [0.3, 0.4) is 0 Å². The van der Waals surface area contributed by atoms with Gasteiger partial charge in [-0.15, -0.1) is 11.8 Å². The summed E-state index contributed by atoms with van der Waals surface area (Å²) in [5.74, 6) is 1.37. The number of ether oxygens (including phenoxy) is 1. The van der Waals surface area contributed by atoms with E-state index >= 15 is 0 Å². The van der Waals surface area contributed by atoms with E-state index in [1.807, 2.05) is 13.0 Å². The zero-order valence-electron chi connectivity index (χ0n) is 9.64. The molecule has 0 radical (unpaired) electrons. The average molecular weight is 239 g/mol. The number of nitrogens with two attached hydrogens (primary N) is 1. The Kier molecular flexibility index (Phi) is 3.66. The molecule has 16 heavy (non-hydrogen) atoms. The molecule has 0 saturated carbocycles. The molecule has 1 saturated heterocycles. The van der Waals surface area contributed by atoms with Crippen molar-refractivity contribution in [3.8, 4) is 0 Å². The largest absolute Gasteiger partial charge is 0.384 e. The second kappa shape index (κ2) is 5.01. The molecule has 1 aromatic rings. The zero-order valence-corrected chi connectivity index (χ0v) is 10.5. The molecule has 2 heterocycles. The summed E-state index contributed by atoms with van der Waals surface area (Å²) in [6.45, 7) is 4.99. The molecule has 4 nitrogen and oxygen atoms in total. The molecule has 2 N–H and O–H groups in total. The van der Waals surface area contributed by atoms with Gasteiger partial charge in [0.05, 0.1) is 6.10 Å². The minimum atomic E-state index is 0.297. The standard InChI is InChI=1S/C11H17N3OS/c1-3-10-13-9(12)6-11(14-10)16-8-4-5-15-7(8)2/h6-8H,3-5H2,1-2H3,(H2,12,13,14). The lowest BCUT2D eigenvalue weighted by Crippen LogP contribution is -2.13. The minimum absolute atomic E-state index is 0.297. The van der Waals surface area contributed by atoms with Crippen LogP contribution in [0.1, 0.15) is 26.1 Å². The highest BCUT2D eigenvalue weighted by molar-refractivity contribution is 7.99. The quantitative estimate of drug-likeness (QED) is 0.816. The number of aryl methyl sites for hydroxylation is 1. The summed E-state index contributed by atoms with van der Waals surface area (Å²) >= 11 is 1.75. The molecule has 0 aromatic carbocycles. The van der Waals surface area contributed by atoms with Gasteiger partial charge in [0.25, 0.3) is 0 Å². The summed E-state index contributed by atoms with van der Waals surface area (Å²) in [6.07, 6.45) is 2.19. The fourth-order valence-corrected chi connectivity index (χ4v) is 2.87.